The Kier molecular flexibility index (Phi) is 3.08. The van der Waals surface area contributed by atoms with Gasteiger partial charge >= 0.3 is 0 Å². The van der Waals surface area contributed by atoms with Crippen LogP contribution < -0.4 is 0 Å². The molecule has 0 aromatic carbocycles. The fourth-order valence-electron chi connectivity index (χ4n) is 0.394. The quantitative estimate of drug-likeness (QED) is 0.484. The lowest BCUT2D eigenvalue weighted by Crippen LogP contribution is -2.00. The molecule has 1 aliphatic heterocycles. The molecule has 8 heavy (non-hydrogen) atoms. The molecule has 1 saturated heterocycles. The number of rotatable bonds is 0. The minimum atomic E-state index is -1.33. The van der Waals surface area contributed by atoms with Gasteiger partial charge in [-0.25, -0.2) is 8.60 Å². The van der Waals surface area contributed by atoms with E-state index in [4.69, 9.17) is 0 Å². The van der Waals surface area contributed by atoms with E-state index in [0.29, 0.717) is 0 Å². The SMILES string of the molecule is F.O=S1CC(F)CO1. The van der Waals surface area contributed by atoms with Crippen LogP contribution in [0.1, 0.15) is 0 Å². The van der Waals surface area contributed by atoms with E-state index in [1.807, 2.05) is 0 Å². The van der Waals surface area contributed by atoms with Gasteiger partial charge in [-0.2, -0.15) is 0 Å². The summed E-state index contributed by atoms with van der Waals surface area (Å²) in [6, 6.07) is 0. The molecule has 0 N–H and O–H groups in total. The van der Waals surface area contributed by atoms with Crippen LogP contribution in [-0.4, -0.2) is 22.7 Å². The minimum absolute atomic E-state index is 0. The van der Waals surface area contributed by atoms with Crippen molar-refractivity contribution in [1.82, 2.24) is 0 Å². The average Bonchev–Trinajstić information content (AvgIpc) is 1.87. The zero-order valence-electron chi connectivity index (χ0n) is 4.00. The average molecular weight is 144 g/mol. The third-order valence-corrected chi connectivity index (χ3v) is 1.73. The third-order valence-electron chi connectivity index (χ3n) is 0.697. The van der Waals surface area contributed by atoms with Crippen LogP contribution in [0.25, 0.3) is 0 Å². The lowest BCUT2D eigenvalue weighted by atomic mass is 10.5. The second-order valence-corrected chi connectivity index (χ2v) is 2.53. The van der Waals surface area contributed by atoms with E-state index in [-0.39, 0.29) is 17.1 Å². The van der Waals surface area contributed by atoms with Gasteiger partial charge in [0.2, 0.25) is 0 Å². The Balaban J connectivity index is 0.000000490. The molecule has 2 atom stereocenters. The molecule has 0 spiro atoms. The molecule has 0 bridgehead atoms. The van der Waals surface area contributed by atoms with E-state index in [2.05, 4.69) is 4.18 Å². The maximum absolute atomic E-state index is 11.9. The van der Waals surface area contributed by atoms with Crippen LogP contribution in [0.15, 0.2) is 0 Å². The fourth-order valence-corrected chi connectivity index (χ4v) is 1.18. The Morgan fingerprint density at radius 2 is 2.38 bits per heavy atom. The highest BCUT2D eigenvalue weighted by molar-refractivity contribution is 7.80. The molecule has 0 saturated carbocycles. The summed E-state index contributed by atoms with van der Waals surface area (Å²) in [6.45, 7) is 0.00656. The molecule has 5 heteroatoms. The van der Waals surface area contributed by atoms with Crippen molar-refractivity contribution in [1.29, 1.82) is 0 Å². The summed E-state index contributed by atoms with van der Waals surface area (Å²) in [5.41, 5.74) is 0. The van der Waals surface area contributed by atoms with Gasteiger partial charge in [-0.1, -0.05) is 0 Å². The molecule has 0 amide bonds. The Hall–Kier alpha value is -0.0300. The molecule has 0 radical (unpaired) electrons. The number of hydrogen-bond donors (Lipinski definition) is 0. The van der Waals surface area contributed by atoms with Crippen molar-refractivity contribution in [2.45, 2.75) is 6.17 Å². The van der Waals surface area contributed by atoms with E-state index >= 15 is 0 Å². The number of alkyl halides is 1. The van der Waals surface area contributed by atoms with Crippen molar-refractivity contribution in [3.63, 3.8) is 0 Å². The molecule has 0 aromatic rings. The largest absolute Gasteiger partial charge is 0.287 e. The topological polar surface area (TPSA) is 26.3 Å². The molecule has 1 aliphatic rings. The zero-order valence-corrected chi connectivity index (χ0v) is 4.82. The Bertz CT molecular complexity index is 97.3. The minimum Gasteiger partial charge on any atom is -0.287 e. The molecule has 0 aliphatic carbocycles. The molecule has 0 aromatic heterocycles. The summed E-state index contributed by atoms with van der Waals surface area (Å²) >= 11 is -1.33. The van der Waals surface area contributed by atoms with Gasteiger partial charge in [-0.15, -0.1) is 0 Å². The normalized spacial score (nSPS) is 36.6. The summed E-state index contributed by atoms with van der Waals surface area (Å²) in [5.74, 6) is 0.0556. The van der Waals surface area contributed by atoms with Crippen LogP contribution in [0.4, 0.5) is 9.09 Å². The Labute approximate surface area is 48.1 Å². The standard InChI is InChI=1S/C3H5FO2S.FH/c4-3-1-6-7(5)2-3;/h3H,1-2H2;1H. The van der Waals surface area contributed by atoms with E-state index < -0.39 is 17.3 Å². The van der Waals surface area contributed by atoms with Crippen LogP contribution >= 0.6 is 0 Å². The molecule has 1 rings (SSSR count). The van der Waals surface area contributed by atoms with Crippen molar-refractivity contribution in [3.8, 4) is 0 Å². The van der Waals surface area contributed by atoms with Gasteiger partial charge in [-0.3, -0.25) is 8.89 Å². The van der Waals surface area contributed by atoms with Crippen molar-refractivity contribution in [2.75, 3.05) is 12.4 Å². The van der Waals surface area contributed by atoms with Crippen LogP contribution in [0.3, 0.4) is 0 Å². The van der Waals surface area contributed by atoms with Crippen LogP contribution in [0.2, 0.25) is 0 Å². The Morgan fingerprint density at radius 1 is 1.75 bits per heavy atom. The first kappa shape index (κ1) is 7.97. The van der Waals surface area contributed by atoms with E-state index in [1.54, 1.807) is 0 Å². The lowest BCUT2D eigenvalue weighted by molar-refractivity contribution is 0.265. The van der Waals surface area contributed by atoms with Crippen molar-refractivity contribution < 1.29 is 17.5 Å². The summed E-state index contributed by atoms with van der Waals surface area (Å²) in [7, 11) is 0. The Morgan fingerprint density at radius 3 is 2.50 bits per heavy atom. The van der Waals surface area contributed by atoms with E-state index in [0.717, 1.165) is 0 Å². The maximum Gasteiger partial charge on any atom is 0.158 e. The van der Waals surface area contributed by atoms with Crippen LogP contribution in [0, 0.1) is 0 Å². The van der Waals surface area contributed by atoms with Crippen molar-refractivity contribution in [2.24, 2.45) is 0 Å². The van der Waals surface area contributed by atoms with Gasteiger partial charge in [0.1, 0.15) is 6.17 Å². The smallest absolute Gasteiger partial charge is 0.158 e. The number of hydrogen-bond acceptors (Lipinski definition) is 2. The monoisotopic (exact) mass is 144 g/mol. The first-order valence-corrected chi connectivity index (χ1v) is 3.19. The molecule has 1 fully saturated rings. The molecule has 50 valence electrons. The van der Waals surface area contributed by atoms with Gasteiger partial charge in [0.05, 0.1) is 12.4 Å². The second-order valence-electron chi connectivity index (χ2n) is 1.35. The highest BCUT2D eigenvalue weighted by Gasteiger charge is 2.20. The van der Waals surface area contributed by atoms with Gasteiger partial charge < -0.3 is 0 Å². The van der Waals surface area contributed by atoms with E-state index in [1.165, 1.54) is 0 Å². The fraction of sp³-hybridized carbons (Fsp3) is 1.00. The van der Waals surface area contributed by atoms with Gasteiger partial charge in [0.25, 0.3) is 0 Å². The van der Waals surface area contributed by atoms with Gasteiger partial charge in [0.15, 0.2) is 11.1 Å². The first-order valence-electron chi connectivity index (χ1n) is 1.95. The number of halogens is 2. The van der Waals surface area contributed by atoms with Gasteiger partial charge in [0, 0.05) is 0 Å². The summed E-state index contributed by atoms with van der Waals surface area (Å²) < 4.78 is 26.3. The summed E-state index contributed by atoms with van der Waals surface area (Å²) in [5, 5.41) is 0. The van der Waals surface area contributed by atoms with Crippen molar-refractivity contribution >= 4 is 11.1 Å². The third kappa shape index (κ3) is 1.83. The van der Waals surface area contributed by atoms with Crippen molar-refractivity contribution in [3.05, 3.63) is 0 Å². The summed E-state index contributed by atoms with van der Waals surface area (Å²) in [6.07, 6.45) is -0.999. The highest BCUT2D eigenvalue weighted by Crippen LogP contribution is 2.05. The molecule has 1 heterocycles. The highest BCUT2D eigenvalue weighted by atomic mass is 32.2. The van der Waals surface area contributed by atoms with Crippen LogP contribution in [0.5, 0.6) is 0 Å². The van der Waals surface area contributed by atoms with Crippen LogP contribution in [-0.2, 0) is 15.3 Å². The molecule has 2 nitrogen and oxygen atoms in total. The second kappa shape index (κ2) is 3.09. The molecular formula is C3H6F2O2S. The zero-order chi connectivity index (χ0) is 5.28. The van der Waals surface area contributed by atoms with E-state index in [9.17, 15) is 8.60 Å². The predicted octanol–water partition coefficient (Wildman–Crippen LogP) is 0.171. The van der Waals surface area contributed by atoms with Gasteiger partial charge in [-0.05, 0) is 0 Å². The predicted molar refractivity (Wildman–Crippen MR) is 26.4 cm³/mol. The molecule has 2 unspecified atom stereocenters. The maximum atomic E-state index is 11.9. The molecular weight excluding hydrogens is 138 g/mol. The first-order chi connectivity index (χ1) is 3.29. The lowest BCUT2D eigenvalue weighted by Gasteiger charge is -1.82. The summed E-state index contributed by atoms with van der Waals surface area (Å²) in [4.78, 5) is 0.